The van der Waals surface area contributed by atoms with E-state index in [9.17, 15) is 0 Å². The number of hydrogen-bond acceptors (Lipinski definition) is 4. The highest BCUT2D eigenvalue weighted by Crippen LogP contribution is 2.47. The van der Waals surface area contributed by atoms with Crippen molar-refractivity contribution in [3.63, 3.8) is 0 Å². The van der Waals surface area contributed by atoms with E-state index in [0.29, 0.717) is 13.5 Å². The van der Waals surface area contributed by atoms with E-state index >= 15 is 0 Å². The Morgan fingerprint density at radius 1 is 1.20 bits per heavy atom. The van der Waals surface area contributed by atoms with E-state index in [0.717, 1.165) is 38.1 Å². The quantitative estimate of drug-likeness (QED) is 0.340. The fourth-order valence-corrected chi connectivity index (χ4v) is 5.77. The zero-order chi connectivity index (χ0) is 14.1. The molecular weight excluding hydrogens is 518 g/mol. The van der Waals surface area contributed by atoms with Crippen molar-refractivity contribution in [2.45, 2.75) is 13.1 Å². The highest BCUT2D eigenvalue weighted by Gasteiger charge is 2.25. The van der Waals surface area contributed by atoms with Crippen molar-refractivity contribution in [3.05, 3.63) is 23.3 Å². The first-order valence-corrected chi connectivity index (χ1v) is 13.5. The Morgan fingerprint density at radius 2 is 1.90 bits per heavy atom. The molecule has 4 nitrogen and oxygen atoms in total. The van der Waals surface area contributed by atoms with Crippen LogP contribution in [0.4, 0.5) is 0 Å². The number of benzene rings is 1. The number of nitrogens with zero attached hydrogens (tertiary/aromatic N) is 2. The molecule has 0 N–H and O–H groups in total. The van der Waals surface area contributed by atoms with Gasteiger partial charge in [0.25, 0.3) is 0 Å². The standard InChI is InChI=1S/C10H14B2I2N2O2P2/c11-20(14)16-4-8-1-7-3-15(19-12-13)5-17-9(7)2-10(8)18-6-16/h1-2,12,19H,3-6,11H2. The van der Waals surface area contributed by atoms with Crippen molar-refractivity contribution in [1.29, 1.82) is 0 Å². The van der Waals surface area contributed by atoms with Gasteiger partial charge >= 0.3 is 0 Å². The summed E-state index contributed by atoms with van der Waals surface area (Å²) in [5, 5.41) is 0. The van der Waals surface area contributed by atoms with Gasteiger partial charge in [0.05, 0.1) is 0 Å². The Hall–Kier alpha value is 1.19. The number of ether oxygens (including phenoxy) is 2. The van der Waals surface area contributed by atoms with Crippen molar-refractivity contribution >= 4 is 71.0 Å². The van der Waals surface area contributed by atoms with Crippen molar-refractivity contribution in [2.24, 2.45) is 0 Å². The maximum atomic E-state index is 5.88. The molecule has 2 unspecified atom stereocenters. The molecule has 2 atom stereocenters. The summed E-state index contributed by atoms with van der Waals surface area (Å²) in [6.45, 7) is 3.38. The van der Waals surface area contributed by atoms with E-state index in [2.05, 4.69) is 73.5 Å². The lowest BCUT2D eigenvalue weighted by molar-refractivity contribution is 0.164. The first-order chi connectivity index (χ1) is 9.67. The molecule has 106 valence electrons. The van der Waals surface area contributed by atoms with Gasteiger partial charge in [0, 0.05) is 30.3 Å². The molecule has 2 aliphatic heterocycles. The third-order valence-corrected chi connectivity index (χ3v) is 8.12. The molecule has 20 heavy (non-hydrogen) atoms. The summed E-state index contributed by atoms with van der Waals surface area (Å²) in [5.74, 6) is 2.00. The second-order valence-electron chi connectivity index (χ2n) is 4.71. The van der Waals surface area contributed by atoms with Crippen LogP contribution in [0, 0.1) is 0 Å². The molecule has 0 bridgehead atoms. The summed E-state index contributed by atoms with van der Waals surface area (Å²) in [5.41, 5.74) is 2.46. The van der Waals surface area contributed by atoms with E-state index < -0.39 is 0 Å². The molecule has 3 rings (SSSR count). The maximum Gasteiger partial charge on any atom is 0.242 e. The summed E-state index contributed by atoms with van der Waals surface area (Å²) in [7, 11) is 3.09. The molecule has 0 saturated carbocycles. The van der Waals surface area contributed by atoms with Crippen molar-refractivity contribution < 1.29 is 9.47 Å². The van der Waals surface area contributed by atoms with Crippen LogP contribution in [-0.4, -0.2) is 35.2 Å². The SMILES string of the molecule is BP(I)N1COc2cc3c(cc2C1)CN(PBI)CO3. The minimum absolute atomic E-state index is 0.132. The first kappa shape index (κ1) is 16.1. The summed E-state index contributed by atoms with van der Waals surface area (Å²) in [6.07, 6.45) is 0. The molecule has 1 aromatic carbocycles. The van der Waals surface area contributed by atoms with E-state index in [1.54, 1.807) is 0 Å². The van der Waals surface area contributed by atoms with Crippen LogP contribution in [0.5, 0.6) is 11.5 Å². The molecule has 10 heteroatoms. The van der Waals surface area contributed by atoms with Gasteiger partial charge in [0.15, 0.2) is 7.57 Å². The van der Waals surface area contributed by atoms with E-state index in [4.69, 9.17) is 9.47 Å². The Labute approximate surface area is 150 Å². The average molecular weight is 532 g/mol. The lowest BCUT2D eigenvalue weighted by Crippen LogP contribution is -2.29. The van der Waals surface area contributed by atoms with Crippen LogP contribution in [-0.2, 0) is 13.1 Å². The normalized spacial score (nSPS) is 20.9. The zero-order valence-electron chi connectivity index (χ0n) is 11.1. The van der Waals surface area contributed by atoms with Gasteiger partial charge < -0.3 is 9.47 Å². The first-order valence-electron chi connectivity index (χ1n) is 6.27. The van der Waals surface area contributed by atoms with Gasteiger partial charge in [-0.05, 0) is 33.7 Å². The second-order valence-corrected chi connectivity index (χ2v) is 13.9. The molecule has 1 aromatic rings. The summed E-state index contributed by atoms with van der Waals surface area (Å²) in [6, 6.07) is 4.35. The van der Waals surface area contributed by atoms with Crippen molar-refractivity contribution in [2.75, 3.05) is 13.5 Å². The Morgan fingerprint density at radius 3 is 2.60 bits per heavy atom. The fourth-order valence-electron chi connectivity index (χ4n) is 2.32. The van der Waals surface area contributed by atoms with Crippen molar-refractivity contribution in [3.8, 4) is 11.5 Å². The Kier molecular flexibility index (Phi) is 5.76. The van der Waals surface area contributed by atoms with Crippen molar-refractivity contribution in [1.82, 2.24) is 9.34 Å². The van der Waals surface area contributed by atoms with Crippen LogP contribution in [0.3, 0.4) is 0 Å². The predicted octanol–water partition coefficient (Wildman–Crippen LogP) is 2.58. The smallest absolute Gasteiger partial charge is 0.242 e. The van der Waals surface area contributed by atoms with Gasteiger partial charge in [-0.3, -0.25) is 4.67 Å². The lowest BCUT2D eigenvalue weighted by Gasteiger charge is -2.34. The minimum atomic E-state index is -0.132. The highest BCUT2D eigenvalue weighted by atomic mass is 127. The van der Waals surface area contributed by atoms with Crippen LogP contribution in [0.15, 0.2) is 12.1 Å². The predicted molar refractivity (Wildman–Crippen MR) is 107 cm³/mol. The molecule has 0 saturated heterocycles. The number of halogens is 2. The Balaban J connectivity index is 1.82. The van der Waals surface area contributed by atoms with Gasteiger partial charge in [-0.1, -0.05) is 8.61 Å². The topological polar surface area (TPSA) is 24.9 Å². The van der Waals surface area contributed by atoms with Crippen LogP contribution in [0.2, 0.25) is 0 Å². The number of hydrogen-bond donors (Lipinski definition) is 0. The average Bonchev–Trinajstić information content (AvgIpc) is 2.44. The molecule has 0 aromatic heterocycles. The second kappa shape index (κ2) is 7.18. The van der Waals surface area contributed by atoms with Crippen LogP contribution >= 0.6 is 58.6 Å². The molecule has 0 aliphatic carbocycles. The number of rotatable bonds is 3. The fraction of sp³-hybridized carbons (Fsp3) is 0.400. The van der Waals surface area contributed by atoms with Crippen LogP contribution in [0.25, 0.3) is 0 Å². The van der Waals surface area contributed by atoms with Crippen LogP contribution in [0.1, 0.15) is 11.1 Å². The Bertz CT molecular complexity index is 512. The van der Waals surface area contributed by atoms with Gasteiger partial charge in [0.2, 0.25) is 4.86 Å². The van der Waals surface area contributed by atoms with Gasteiger partial charge in [-0.25, -0.2) is 4.67 Å². The molecular formula is C10H14B2I2N2O2P2. The summed E-state index contributed by atoms with van der Waals surface area (Å²) in [4.78, 5) is 1.16. The molecule has 2 heterocycles. The highest BCUT2D eigenvalue weighted by molar-refractivity contribution is 14.2. The van der Waals surface area contributed by atoms with E-state index in [1.165, 1.54) is 11.1 Å². The number of fused-ring (bicyclic) bond motifs is 2. The zero-order valence-corrected chi connectivity index (χ0v) is 17.3. The van der Waals surface area contributed by atoms with E-state index in [-0.39, 0.29) is 5.59 Å². The largest absolute Gasteiger partial charge is 0.477 e. The molecule has 0 radical (unpaired) electrons. The third-order valence-electron chi connectivity index (χ3n) is 3.38. The van der Waals surface area contributed by atoms with Gasteiger partial charge in [0.1, 0.15) is 25.0 Å². The molecule has 0 spiro atoms. The van der Waals surface area contributed by atoms with E-state index in [1.807, 2.05) is 0 Å². The summed E-state index contributed by atoms with van der Waals surface area (Å²) < 4.78 is 16.5. The maximum absolute atomic E-state index is 5.88. The minimum Gasteiger partial charge on any atom is -0.477 e. The monoisotopic (exact) mass is 532 g/mol. The third kappa shape index (κ3) is 3.57. The van der Waals surface area contributed by atoms with Gasteiger partial charge in [-0.15, -0.1) is 22.4 Å². The lowest BCUT2D eigenvalue weighted by atomic mass is 10.1. The molecule has 2 aliphatic rings. The molecule has 0 amide bonds. The summed E-state index contributed by atoms with van der Waals surface area (Å²) >= 11 is 4.92. The molecule has 0 fully saturated rings. The van der Waals surface area contributed by atoms with Crippen LogP contribution < -0.4 is 9.47 Å². The van der Waals surface area contributed by atoms with Gasteiger partial charge in [-0.2, -0.15) is 0 Å².